The summed E-state index contributed by atoms with van der Waals surface area (Å²) in [6.07, 6.45) is 0. The van der Waals surface area contributed by atoms with Gasteiger partial charge < -0.3 is 11.5 Å². The van der Waals surface area contributed by atoms with E-state index in [1.54, 1.807) is 0 Å². The summed E-state index contributed by atoms with van der Waals surface area (Å²) in [5, 5.41) is 0. The Morgan fingerprint density at radius 3 is 1.67 bits per heavy atom. The van der Waals surface area contributed by atoms with Crippen LogP contribution in [0.15, 0.2) is 0 Å². The fraction of sp³-hybridized carbons (Fsp3) is 1.00. The molecule has 0 aliphatic carbocycles. The van der Waals surface area contributed by atoms with Crippen molar-refractivity contribution in [2.45, 2.75) is 17.9 Å². The van der Waals surface area contributed by atoms with E-state index in [0.29, 0.717) is 0 Å². The molecule has 0 aromatic heterocycles. The molecular weight excluding hydrogens is 144 g/mol. The van der Waals surface area contributed by atoms with Crippen LogP contribution in [0.5, 0.6) is 0 Å². The minimum absolute atomic E-state index is 0.0463. The van der Waals surface area contributed by atoms with Crippen molar-refractivity contribution in [3.63, 3.8) is 0 Å². The highest BCUT2D eigenvalue weighted by Crippen LogP contribution is 1.91. The van der Waals surface area contributed by atoms with Crippen LogP contribution in [-0.2, 0) is 0 Å². The molecule has 4 N–H and O–H groups in total. The number of hydrogen-bond donors (Lipinski definition) is 2. The maximum absolute atomic E-state index is 5.26. The van der Waals surface area contributed by atoms with Gasteiger partial charge in [0.2, 0.25) is 0 Å². The minimum Gasteiger partial charge on any atom is -0.326 e. The Bertz CT molecular complexity index is 29.8. The molecule has 6 heavy (non-hydrogen) atoms. The first-order valence-corrected chi connectivity index (χ1v) is 2.71. The molecule has 2 atom stereocenters. The standard InChI is InChI=1S/C3H9BrN2/c1-2(5)3(4)6/h2-3H,5-6H2,1H3. The van der Waals surface area contributed by atoms with E-state index in [9.17, 15) is 0 Å². The third-order valence-corrected chi connectivity index (χ3v) is 1.34. The van der Waals surface area contributed by atoms with E-state index in [2.05, 4.69) is 15.9 Å². The molecule has 0 radical (unpaired) electrons. The smallest absolute Gasteiger partial charge is 0.0756 e. The van der Waals surface area contributed by atoms with Gasteiger partial charge in [-0.05, 0) is 6.92 Å². The summed E-state index contributed by atoms with van der Waals surface area (Å²) in [7, 11) is 0. The third-order valence-electron chi connectivity index (χ3n) is 0.502. The van der Waals surface area contributed by atoms with Gasteiger partial charge in [0.05, 0.1) is 4.95 Å². The van der Waals surface area contributed by atoms with Crippen molar-refractivity contribution in [3.8, 4) is 0 Å². The molecule has 0 spiro atoms. The van der Waals surface area contributed by atoms with E-state index in [1.165, 1.54) is 0 Å². The Morgan fingerprint density at radius 1 is 1.50 bits per heavy atom. The van der Waals surface area contributed by atoms with Crippen molar-refractivity contribution in [2.24, 2.45) is 11.5 Å². The quantitative estimate of drug-likeness (QED) is 0.412. The summed E-state index contributed by atoms with van der Waals surface area (Å²) in [4.78, 5) is -0.0579. The highest BCUT2D eigenvalue weighted by molar-refractivity contribution is 9.09. The van der Waals surface area contributed by atoms with E-state index in [4.69, 9.17) is 11.5 Å². The Labute approximate surface area is 46.0 Å². The molecule has 0 aliphatic heterocycles. The van der Waals surface area contributed by atoms with Crippen LogP contribution in [0.25, 0.3) is 0 Å². The molecule has 0 saturated carbocycles. The Kier molecular flexibility index (Phi) is 2.72. The Hall–Kier alpha value is 0.400. The fourth-order valence-corrected chi connectivity index (χ4v) is 0. The molecule has 0 aliphatic rings. The van der Waals surface area contributed by atoms with Gasteiger partial charge in [-0.1, -0.05) is 15.9 Å². The molecule has 0 fully saturated rings. The number of rotatable bonds is 1. The summed E-state index contributed by atoms with van der Waals surface area (Å²) in [5.41, 5.74) is 10.5. The number of hydrogen-bond acceptors (Lipinski definition) is 2. The van der Waals surface area contributed by atoms with Gasteiger partial charge in [-0.3, -0.25) is 0 Å². The first kappa shape index (κ1) is 6.40. The topological polar surface area (TPSA) is 52.0 Å². The van der Waals surface area contributed by atoms with E-state index in [-0.39, 0.29) is 11.0 Å². The molecule has 2 nitrogen and oxygen atoms in total. The van der Waals surface area contributed by atoms with Crippen LogP contribution in [0.4, 0.5) is 0 Å². The molecule has 0 heterocycles. The van der Waals surface area contributed by atoms with Gasteiger partial charge in [-0.2, -0.15) is 0 Å². The van der Waals surface area contributed by atoms with E-state index < -0.39 is 0 Å². The van der Waals surface area contributed by atoms with Crippen LogP contribution in [-0.4, -0.2) is 11.0 Å². The summed E-state index contributed by atoms with van der Waals surface area (Å²) in [5.74, 6) is 0. The lowest BCUT2D eigenvalue weighted by molar-refractivity contribution is 0.719. The van der Waals surface area contributed by atoms with Gasteiger partial charge in [-0.25, -0.2) is 0 Å². The van der Waals surface area contributed by atoms with Crippen molar-refractivity contribution < 1.29 is 0 Å². The highest BCUT2D eigenvalue weighted by Gasteiger charge is 1.98. The second-order valence-electron chi connectivity index (χ2n) is 1.30. The van der Waals surface area contributed by atoms with E-state index in [1.807, 2.05) is 6.92 Å². The molecule has 38 valence electrons. The van der Waals surface area contributed by atoms with Crippen LogP contribution in [0.1, 0.15) is 6.92 Å². The minimum atomic E-state index is -0.0579. The van der Waals surface area contributed by atoms with Crippen molar-refractivity contribution >= 4 is 15.9 Å². The Morgan fingerprint density at radius 2 is 1.67 bits per heavy atom. The first-order chi connectivity index (χ1) is 2.64. The number of alkyl halides is 1. The molecule has 0 rings (SSSR count). The van der Waals surface area contributed by atoms with Crippen LogP contribution < -0.4 is 11.5 Å². The van der Waals surface area contributed by atoms with Crippen LogP contribution >= 0.6 is 15.9 Å². The van der Waals surface area contributed by atoms with Crippen molar-refractivity contribution in [1.29, 1.82) is 0 Å². The van der Waals surface area contributed by atoms with E-state index in [0.717, 1.165) is 0 Å². The average molecular weight is 153 g/mol. The third kappa shape index (κ3) is 2.63. The number of halogens is 1. The molecule has 0 saturated heterocycles. The van der Waals surface area contributed by atoms with Gasteiger partial charge in [0.25, 0.3) is 0 Å². The lowest BCUT2D eigenvalue weighted by Crippen LogP contribution is -2.33. The van der Waals surface area contributed by atoms with Crippen molar-refractivity contribution in [3.05, 3.63) is 0 Å². The predicted octanol–water partition coefficient (Wildman–Crippen LogP) is 0.0133. The summed E-state index contributed by atoms with van der Waals surface area (Å²) >= 11 is 3.09. The zero-order valence-corrected chi connectivity index (χ0v) is 5.27. The first-order valence-electron chi connectivity index (χ1n) is 1.80. The fourth-order valence-electron chi connectivity index (χ4n) is 0. The molecule has 0 bridgehead atoms. The second-order valence-corrected chi connectivity index (χ2v) is 2.36. The average Bonchev–Trinajstić information content (AvgIpc) is 1.36. The lowest BCUT2D eigenvalue weighted by atomic mass is 10.4. The molecule has 0 aromatic rings. The molecular formula is C3H9BrN2. The largest absolute Gasteiger partial charge is 0.326 e. The predicted molar refractivity (Wildman–Crippen MR) is 30.6 cm³/mol. The Balaban J connectivity index is 2.99. The molecule has 3 heteroatoms. The van der Waals surface area contributed by atoms with Gasteiger partial charge in [0, 0.05) is 6.04 Å². The van der Waals surface area contributed by atoms with Crippen molar-refractivity contribution in [2.75, 3.05) is 0 Å². The molecule has 0 amide bonds. The second kappa shape index (κ2) is 2.55. The SMILES string of the molecule is CC(N)C(N)Br. The number of nitrogens with two attached hydrogens (primary N) is 2. The molecule has 2 unspecified atom stereocenters. The maximum atomic E-state index is 5.26. The van der Waals surface area contributed by atoms with Gasteiger partial charge in [0.1, 0.15) is 0 Å². The zero-order chi connectivity index (χ0) is 5.15. The van der Waals surface area contributed by atoms with E-state index >= 15 is 0 Å². The summed E-state index contributed by atoms with van der Waals surface area (Å²) < 4.78 is 0. The molecule has 0 aromatic carbocycles. The van der Waals surface area contributed by atoms with Gasteiger partial charge >= 0.3 is 0 Å². The van der Waals surface area contributed by atoms with Crippen LogP contribution in [0.2, 0.25) is 0 Å². The normalized spacial score (nSPS) is 20.0. The lowest BCUT2D eigenvalue weighted by Gasteiger charge is -2.04. The van der Waals surface area contributed by atoms with Gasteiger partial charge in [-0.15, -0.1) is 0 Å². The summed E-state index contributed by atoms with van der Waals surface area (Å²) in [6.45, 7) is 1.85. The van der Waals surface area contributed by atoms with Crippen LogP contribution in [0.3, 0.4) is 0 Å². The van der Waals surface area contributed by atoms with Crippen molar-refractivity contribution in [1.82, 2.24) is 0 Å². The highest BCUT2D eigenvalue weighted by atomic mass is 79.9. The van der Waals surface area contributed by atoms with Crippen LogP contribution in [0, 0.1) is 0 Å². The maximum Gasteiger partial charge on any atom is 0.0756 e. The monoisotopic (exact) mass is 152 g/mol. The zero-order valence-electron chi connectivity index (χ0n) is 3.69. The van der Waals surface area contributed by atoms with Gasteiger partial charge in [0.15, 0.2) is 0 Å². The summed E-state index contributed by atoms with van der Waals surface area (Å²) in [6, 6.07) is 0.0463.